The van der Waals surface area contributed by atoms with E-state index in [0.29, 0.717) is 66.6 Å². The van der Waals surface area contributed by atoms with Gasteiger partial charge in [0.2, 0.25) is 17.7 Å². The van der Waals surface area contributed by atoms with Crippen molar-refractivity contribution in [2.45, 2.75) is 131 Å². The summed E-state index contributed by atoms with van der Waals surface area (Å²) >= 11 is 7.84. The van der Waals surface area contributed by atoms with Gasteiger partial charge in [-0.25, -0.2) is 4.98 Å². The van der Waals surface area contributed by atoms with Gasteiger partial charge in [-0.2, -0.15) is 5.26 Å². The molecule has 3 atom stereocenters. The Balaban J connectivity index is 0.883. The molecule has 0 bridgehead atoms. The number of benzene rings is 3. The lowest BCUT2D eigenvalue weighted by atomic mass is 9.49. The molecule has 6 rings (SSSR count). The third-order valence-corrected chi connectivity index (χ3v) is 14.2. The first-order valence-corrected chi connectivity index (χ1v) is 24.3. The van der Waals surface area contributed by atoms with Gasteiger partial charge in [0.15, 0.2) is 0 Å². The first-order chi connectivity index (χ1) is 31.7. The van der Waals surface area contributed by atoms with E-state index in [-0.39, 0.29) is 59.3 Å². The lowest BCUT2D eigenvalue weighted by Crippen LogP contribution is -2.74. The van der Waals surface area contributed by atoms with E-state index in [1.807, 2.05) is 64.4 Å². The highest BCUT2D eigenvalue weighted by atomic mass is 35.5. The van der Waals surface area contributed by atoms with E-state index in [1.165, 1.54) is 0 Å². The summed E-state index contributed by atoms with van der Waals surface area (Å²) in [6.45, 7) is 18.9. The van der Waals surface area contributed by atoms with Crippen LogP contribution in [0.25, 0.3) is 10.4 Å². The summed E-state index contributed by atoms with van der Waals surface area (Å²) in [7, 11) is 0. The Labute approximate surface area is 404 Å². The van der Waals surface area contributed by atoms with Crippen molar-refractivity contribution in [1.29, 1.82) is 5.26 Å². The molecule has 0 spiro atoms. The SMILES string of the molecule is Cc1ncsc1-c1ccc(CNC(=O)[C@@H]2CCCN2C(=O)[C@@H](NC(=O)COCCCC[C@@H](C)Oc2ccc(C(=O)NC3C(C)(C)C(Oc4ccc(C#N)c(Cl)c4)C3(C)C)cc2)C(C)(C)C)cc1. The van der Waals surface area contributed by atoms with Gasteiger partial charge < -0.3 is 35.1 Å². The Morgan fingerprint density at radius 3 is 2.30 bits per heavy atom. The molecule has 0 radical (unpaired) electrons. The summed E-state index contributed by atoms with van der Waals surface area (Å²) < 4.78 is 18.2. The molecule has 1 aromatic heterocycles. The van der Waals surface area contributed by atoms with E-state index >= 15 is 0 Å². The zero-order chi connectivity index (χ0) is 48.7. The van der Waals surface area contributed by atoms with Crippen molar-refractivity contribution in [3.63, 3.8) is 0 Å². The molecule has 1 aliphatic carbocycles. The molecule has 1 aliphatic heterocycles. The summed E-state index contributed by atoms with van der Waals surface area (Å²) in [5.41, 5.74) is 4.39. The quantitative estimate of drug-likeness (QED) is 0.0776. The minimum Gasteiger partial charge on any atom is -0.491 e. The highest BCUT2D eigenvalue weighted by Crippen LogP contribution is 2.55. The smallest absolute Gasteiger partial charge is 0.251 e. The van der Waals surface area contributed by atoms with E-state index in [9.17, 15) is 24.4 Å². The van der Waals surface area contributed by atoms with Crippen molar-refractivity contribution >= 4 is 46.6 Å². The van der Waals surface area contributed by atoms with Crippen LogP contribution in [0.4, 0.5) is 0 Å². The molecule has 2 heterocycles. The predicted octanol–water partition coefficient (Wildman–Crippen LogP) is 9.05. The molecule has 4 aromatic rings. The molecule has 3 N–H and O–H groups in total. The van der Waals surface area contributed by atoms with Crippen molar-refractivity contribution in [3.05, 3.63) is 99.6 Å². The maximum absolute atomic E-state index is 14.0. The van der Waals surface area contributed by atoms with Gasteiger partial charge >= 0.3 is 0 Å². The number of aryl methyl sites for hydroxylation is 1. The molecule has 13 nitrogen and oxygen atoms in total. The summed E-state index contributed by atoms with van der Waals surface area (Å²) in [5.74, 6) is 0.184. The van der Waals surface area contributed by atoms with Crippen molar-refractivity contribution < 1.29 is 33.4 Å². The number of rotatable bonds is 19. The maximum atomic E-state index is 14.0. The number of unbranched alkanes of at least 4 members (excludes halogenated alkanes) is 1. The second kappa shape index (κ2) is 21.6. The molecule has 2 fully saturated rings. The first kappa shape index (κ1) is 50.9. The molecule has 15 heteroatoms. The van der Waals surface area contributed by atoms with Crippen LogP contribution in [-0.2, 0) is 25.7 Å². The van der Waals surface area contributed by atoms with Crippen LogP contribution in [0.2, 0.25) is 5.02 Å². The van der Waals surface area contributed by atoms with Crippen LogP contribution in [0.1, 0.15) is 115 Å². The van der Waals surface area contributed by atoms with Crippen molar-refractivity contribution in [2.75, 3.05) is 19.8 Å². The Morgan fingerprint density at radius 1 is 0.985 bits per heavy atom. The summed E-state index contributed by atoms with van der Waals surface area (Å²) in [6, 6.07) is 20.6. The number of carbonyl (C=O) groups excluding carboxylic acids is 4. The molecular formula is C52H65ClN6O7S. The number of hydrogen-bond donors (Lipinski definition) is 3. The van der Waals surface area contributed by atoms with Crippen LogP contribution < -0.4 is 25.4 Å². The molecule has 67 heavy (non-hydrogen) atoms. The van der Waals surface area contributed by atoms with Gasteiger partial charge in [0.1, 0.15) is 42.4 Å². The van der Waals surface area contributed by atoms with Crippen LogP contribution in [0.15, 0.2) is 72.2 Å². The zero-order valence-electron chi connectivity index (χ0n) is 40.2. The summed E-state index contributed by atoms with van der Waals surface area (Å²) in [5, 5.41) is 18.7. The lowest BCUT2D eigenvalue weighted by molar-refractivity contribution is -0.164. The van der Waals surface area contributed by atoms with Crippen LogP contribution >= 0.6 is 22.9 Å². The maximum Gasteiger partial charge on any atom is 0.251 e. The van der Waals surface area contributed by atoms with Crippen molar-refractivity contribution in [2.24, 2.45) is 16.2 Å². The van der Waals surface area contributed by atoms with Crippen LogP contribution in [0.5, 0.6) is 11.5 Å². The number of carbonyl (C=O) groups is 4. The second-order valence-corrected chi connectivity index (χ2v) is 21.3. The van der Waals surface area contributed by atoms with Gasteiger partial charge in [-0.05, 0) is 98.9 Å². The fourth-order valence-electron chi connectivity index (χ4n) is 9.57. The molecule has 1 saturated heterocycles. The Hall–Kier alpha value is -5.49. The van der Waals surface area contributed by atoms with Gasteiger partial charge in [0.05, 0.1) is 32.8 Å². The number of amides is 4. The average molecular weight is 954 g/mol. The fourth-order valence-corrected chi connectivity index (χ4v) is 10.6. The molecule has 2 aliphatic rings. The number of nitrogens with zero attached hydrogens (tertiary/aromatic N) is 3. The minimum absolute atomic E-state index is 0.0945. The third-order valence-electron chi connectivity index (χ3n) is 13.0. The average Bonchev–Trinajstić information content (AvgIpc) is 3.96. The van der Waals surface area contributed by atoms with Gasteiger partial charge in [0.25, 0.3) is 5.91 Å². The van der Waals surface area contributed by atoms with E-state index in [0.717, 1.165) is 34.5 Å². The van der Waals surface area contributed by atoms with Gasteiger partial charge in [-0.1, -0.05) is 84.3 Å². The Morgan fingerprint density at radius 2 is 1.67 bits per heavy atom. The lowest BCUT2D eigenvalue weighted by Gasteiger charge is -2.63. The normalized spacial score (nSPS) is 19.3. The molecule has 1 saturated carbocycles. The van der Waals surface area contributed by atoms with E-state index in [1.54, 1.807) is 58.7 Å². The number of halogens is 1. The fraction of sp³-hybridized carbons (Fsp3) is 0.500. The van der Waals surface area contributed by atoms with Crippen LogP contribution in [-0.4, -0.2) is 83.6 Å². The number of hydrogen-bond acceptors (Lipinski definition) is 10. The third kappa shape index (κ3) is 12.4. The van der Waals surface area contributed by atoms with Crippen molar-refractivity contribution in [1.82, 2.24) is 25.8 Å². The minimum atomic E-state index is -0.834. The highest BCUT2D eigenvalue weighted by molar-refractivity contribution is 7.13. The second-order valence-electron chi connectivity index (χ2n) is 20.0. The number of thiazole rings is 1. The van der Waals surface area contributed by atoms with E-state index in [4.69, 9.17) is 25.8 Å². The largest absolute Gasteiger partial charge is 0.491 e. The van der Waals surface area contributed by atoms with Gasteiger partial charge in [0, 0.05) is 48.2 Å². The standard InChI is InChI=1S/C52H65ClN6O7S/c1-32(65-38-22-19-36(20-23-38)45(61)58-48-51(6,7)49(52(48,8)9)66-39-24-21-37(28-54)40(53)27-39)13-10-11-26-64-30-42(60)57-44(50(3,4)5)47(63)59-25-12-14-41(59)46(62)55-29-34-15-17-35(18-16-34)43-33(2)56-31-67-43/h15-24,27,31-32,41,44,48-49H,10-14,25-26,29-30H2,1-9H3,(H,55,62)(H,57,60)(H,58,61)/t32-,41+,44-,48?,49?/m1/s1. The Kier molecular flexibility index (Phi) is 16.4. The zero-order valence-corrected chi connectivity index (χ0v) is 41.7. The molecular weight excluding hydrogens is 888 g/mol. The number of ether oxygens (including phenoxy) is 3. The molecule has 358 valence electrons. The number of aromatic nitrogens is 1. The topological polar surface area (TPSA) is 172 Å². The number of nitriles is 1. The molecule has 0 unspecified atom stereocenters. The van der Waals surface area contributed by atoms with Crippen LogP contribution in [0.3, 0.4) is 0 Å². The van der Waals surface area contributed by atoms with Gasteiger partial charge in [-0.3, -0.25) is 19.2 Å². The number of likely N-dealkylation sites (tertiary alicyclic amines) is 1. The molecule has 4 amide bonds. The van der Waals surface area contributed by atoms with Crippen molar-refractivity contribution in [3.8, 4) is 28.0 Å². The van der Waals surface area contributed by atoms with E-state index in [2.05, 4.69) is 54.7 Å². The highest BCUT2D eigenvalue weighted by Gasteiger charge is 2.64. The molecule has 3 aromatic carbocycles. The number of nitrogens with one attached hydrogen (secondary N) is 3. The monoisotopic (exact) mass is 952 g/mol. The van der Waals surface area contributed by atoms with Crippen LogP contribution in [0, 0.1) is 34.5 Å². The Bertz CT molecular complexity index is 2410. The predicted molar refractivity (Wildman–Crippen MR) is 261 cm³/mol. The summed E-state index contributed by atoms with van der Waals surface area (Å²) in [6.07, 6.45) is 3.23. The van der Waals surface area contributed by atoms with E-state index < -0.39 is 17.5 Å². The van der Waals surface area contributed by atoms with Gasteiger partial charge in [-0.15, -0.1) is 11.3 Å². The summed E-state index contributed by atoms with van der Waals surface area (Å²) in [4.78, 5) is 60.9. The first-order valence-electron chi connectivity index (χ1n) is 23.1.